The third-order valence-electron chi connectivity index (χ3n) is 2.99. The van der Waals surface area contributed by atoms with Gasteiger partial charge >= 0.3 is 0 Å². The Hall–Kier alpha value is -0.660. The maximum Gasteiger partial charge on any atom is 0.231 e. The minimum atomic E-state index is -3.07. The highest BCUT2D eigenvalue weighted by molar-refractivity contribution is 7.91. The maximum atomic E-state index is 11.5. The first-order valence-electron chi connectivity index (χ1n) is 5.84. The van der Waals surface area contributed by atoms with Crippen LogP contribution < -0.4 is 11.5 Å². The Bertz CT molecular complexity index is 369. The van der Waals surface area contributed by atoms with E-state index in [-0.39, 0.29) is 24.1 Å². The first-order chi connectivity index (χ1) is 7.85. The van der Waals surface area contributed by atoms with Crippen molar-refractivity contribution in [1.82, 2.24) is 4.90 Å². The van der Waals surface area contributed by atoms with E-state index in [1.807, 2.05) is 6.92 Å². The fraction of sp³-hybridized carbons (Fsp3) is 0.900. The van der Waals surface area contributed by atoms with E-state index in [0.29, 0.717) is 6.54 Å². The second-order valence-electron chi connectivity index (χ2n) is 4.60. The minimum Gasteiger partial charge on any atom is -0.369 e. The van der Waals surface area contributed by atoms with E-state index in [4.69, 9.17) is 11.5 Å². The number of nitrogens with zero attached hydrogens (tertiary/aromatic N) is 1. The molecule has 0 spiro atoms. The fourth-order valence-corrected chi connectivity index (χ4v) is 4.08. The molecule has 1 aliphatic rings. The second-order valence-corrected chi connectivity index (χ2v) is 6.75. The summed E-state index contributed by atoms with van der Waals surface area (Å²) in [5.74, 6) is -0.415. The van der Waals surface area contributed by atoms with Gasteiger partial charge in [-0.2, -0.15) is 0 Å². The molecule has 0 aromatic heterocycles. The largest absolute Gasteiger partial charge is 0.369 e. The van der Waals surface area contributed by atoms with Crippen molar-refractivity contribution in [2.75, 3.05) is 24.6 Å². The lowest BCUT2D eigenvalue weighted by atomic mass is 10.1. The van der Waals surface area contributed by atoms with Crippen molar-refractivity contribution in [3.8, 4) is 0 Å². The summed E-state index contributed by atoms with van der Waals surface area (Å²) in [4.78, 5) is 12.8. The second kappa shape index (κ2) is 5.79. The van der Waals surface area contributed by atoms with Crippen molar-refractivity contribution in [2.45, 2.75) is 31.8 Å². The summed E-state index contributed by atoms with van der Waals surface area (Å²) in [5, 5.41) is 0. The summed E-state index contributed by atoms with van der Waals surface area (Å²) < 4.78 is 23.0. The van der Waals surface area contributed by atoms with Crippen LogP contribution in [-0.2, 0) is 14.6 Å². The molecule has 1 amide bonds. The lowest BCUT2D eigenvalue weighted by Gasteiger charge is -2.29. The van der Waals surface area contributed by atoms with Crippen LogP contribution in [0, 0.1) is 0 Å². The van der Waals surface area contributed by atoms with Gasteiger partial charge in [-0.15, -0.1) is 0 Å². The van der Waals surface area contributed by atoms with Crippen LogP contribution in [0.2, 0.25) is 0 Å². The molecule has 0 bridgehead atoms. The molecule has 7 heteroatoms. The molecule has 1 fully saturated rings. The number of nitrogens with two attached hydrogens (primary N) is 2. The predicted octanol–water partition coefficient (Wildman–Crippen LogP) is -1.30. The summed E-state index contributed by atoms with van der Waals surface area (Å²) in [7, 11) is -3.07. The van der Waals surface area contributed by atoms with Crippen molar-refractivity contribution in [1.29, 1.82) is 0 Å². The molecule has 2 atom stereocenters. The van der Waals surface area contributed by atoms with Crippen LogP contribution in [-0.4, -0.2) is 55.9 Å². The first kappa shape index (κ1) is 14.4. The van der Waals surface area contributed by atoms with Crippen LogP contribution in [0.3, 0.4) is 0 Å². The Labute approximate surface area is 102 Å². The van der Waals surface area contributed by atoms with E-state index in [9.17, 15) is 13.2 Å². The minimum absolute atomic E-state index is 0.000939. The Kier molecular flexibility index (Phi) is 4.91. The van der Waals surface area contributed by atoms with Crippen molar-refractivity contribution >= 4 is 15.7 Å². The van der Waals surface area contributed by atoms with Crippen LogP contribution in [0.25, 0.3) is 0 Å². The Morgan fingerprint density at radius 2 is 2.06 bits per heavy atom. The molecule has 0 aromatic rings. The Balaban J connectivity index is 2.72. The van der Waals surface area contributed by atoms with Crippen LogP contribution >= 0.6 is 0 Å². The first-order valence-corrected chi connectivity index (χ1v) is 7.66. The molecule has 0 saturated carbocycles. The summed E-state index contributed by atoms with van der Waals surface area (Å²) in [6, 6.07) is -0.699. The number of primary amides is 1. The molecule has 17 heavy (non-hydrogen) atoms. The van der Waals surface area contributed by atoms with Gasteiger partial charge in [-0.1, -0.05) is 13.3 Å². The summed E-state index contributed by atoms with van der Waals surface area (Å²) in [6.45, 7) is 2.77. The predicted molar refractivity (Wildman–Crippen MR) is 66.1 cm³/mol. The van der Waals surface area contributed by atoms with E-state index >= 15 is 0 Å². The average Bonchev–Trinajstić information content (AvgIpc) is 2.46. The maximum absolute atomic E-state index is 11.5. The number of unbranched alkanes of at least 4 members (excludes halogenated alkanes) is 1. The topological polar surface area (TPSA) is 106 Å². The quantitative estimate of drug-likeness (QED) is 0.619. The lowest BCUT2D eigenvalue weighted by molar-refractivity contribution is -0.119. The zero-order valence-corrected chi connectivity index (χ0v) is 10.9. The molecule has 1 heterocycles. The lowest BCUT2D eigenvalue weighted by Crippen LogP contribution is -2.50. The number of sulfone groups is 1. The van der Waals surface area contributed by atoms with Crippen molar-refractivity contribution < 1.29 is 13.2 Å². The summed E-state index contributed by atoms with van der Waals surface area (Å²) in [6.07, 6.45) is 1.88. The highest BCUT2D eigenvalue weighted by Gasteiger charge is 2.38. The highest BCUT2D eigenvalue weighted by Crippen LogP contribution is 2.17. The van der Waals surface area contributed by atoms with Gasteiger partial charge in [0.15, 0.2) is 9.84 Å². The zero-order chi connectivity index (χ0) is 13.1. The molecule has 6 nitrogen and oxygen atoms in total. The number of carbonyl (C=O) groups excluding carboxylic acids is 1. The summed E-state index contributed by atoms with van der Waals surface area (Å²) >= 11 is 0. The van der Waals surface area contributed by atoms with Crippen molar-refractivity contribution in [3.05, 3.63) is 0 Å². The number of hydrogen-bond acceptors (Lipinski definition) is 5. The van der Waals surface area contributed by atoms with Gasteiger partial charge in [-0.25, -0.2) is 8.42 Å². The van der Waals surface area contributed by atoms with E-state index < -0.39 is 21.8 Å². The zero-order valence-electron chi connectivity index (χ0n) is 10.1. The summed E-state index contributed by atoms with van der Waals surface area (Å²) in [5.41, 5.74) is 11.0. The van der Waals surface area contributed by atoms with E-state index in [0.717, 1.165) is 12.8 Å². The Morgan fingerprint density at radius 3 is 2.47 bits per heavy atom. The molecule has 0 aromatic carbocycles. The van der Waals surface area contributed by atoms with Gasteiger partial charge in [0.1, 0.15) is 0 Å². The van der Waals surface area contributed by atoms with Crippen LogP contribution in [0.15, 0.2) is 0 Å². The van der Waals surface area contributed by atoms with Gasteiger partial charge in [0.2, 0.25) is 5.91 Å². The Morgan fingerprint density at radius 1 is 1.41 bits per heavy atom. The molecule has 1 saturated heterocycles. The molecule has 0 aliphatic carbocycles. The van der Waals surface area contributed by atoms with Crippen LogP contribution in [0.4, 0.5) is 0 Å². The molecular formula is C10H21N3O3S. The van der Waals surface area contributed by atoms with E-state index in [1.54, 1.807) is 4.90 Å². The molecule has 1 aliphatic heterocycles. The molecule has 2 unspecified atom stereocenters. The SMILES string of the molecule is CCCCN(CC(N)=O)C1CS(=O)(=O)CC1N. The van der Waals surface area contributed by atoms with Crippen molar-refractivity contribution in [3.63, 3.8) is 0 Å². The monoisotopic (exact) mass is 263 g/mol. The molecule has 100 valence electrons. The number of rotatable bonds is 6. The number of amides is 1. The standard InChI is InChI=1S/C10H21N3O3S/c1-2-3-4-13(5-10(12)14)9-7-17(15,16)6-8(9)11/h8-9H,2-7,11H2,1H3,(H2,12,14). The molecule has 1 rings (SSSR count). The van der Waals surface area contributed by atoms with E-state index in [1.165, 1.54) is 0 Å². The van der Waals surface area contributed by atoms with Gasteiger partial charge < -0.3 is 11.5 Å². The van der Waals surface area contributed by atoms with Crippen LogP contribution in [0.5, 0.6) is 0 Å². The van der Waals surface area contributed by atoms with Gasteiger partial charge in [0.25, 0.3) is 0 Å². The van der Waals surface area contributed by atoms with Gasteiger partial charge in [0.05, 0.1) is 18.1 Å². The molecule has 0 radical (unpaired) electrons. The van der Waals surface area contributed by atoms with Gasteiger partial charge in [0, 0.05) is 12.1 Å². The van der Waals surface area contributed by atoms with Gasteiger partial charge in [-0.3, -0.25) is 9.69 Å². The average molecular weight is 263 g/mol. The molecular weight excluding hydrogens is 242 g/mol. The van der Waals surface area contributed by atoms with Gasteiger partial charge in [-0.05, 0) is 13.0 Å². The molecule has 4 N–H and O–H groups in total. The van der Waals surface area contributed by atoms with Crippen LogP contribution in [0.1, 0.15) is 19.8 Å². The fourth-order valence-electron chi connectivity index (χ4n) is 2.16. The third kappa shape index (κ3) is 4.25. The van der Waals surface area contributed by atoms with Crippen molar-refractivity contribution in [2.24, 2.45) is 11.5 Å². The number of hydrogen-bond donors (Lipinski definition) is 2. The van der Waals surface area contributed by atoms with E-state index in [2.05, 4.69) is 0 Å². The smallest absolute Gasteiger partial charge is 0.231 e. The number of carbonyl (C=O) groups is 1. The highest BCUT2D eigenvalue weighted by atomic mass is 32.2. The normalized spacial score (nSPS) is 27.5. The third-order valence-corrected chi connectivity index (χ3v) is 4.73.